The van der Waals surface area contributed by atoms with Gasteiger partial charge in [-0.25, -0.2) is 13.6 Å². The maximum atomic E-state index is 11.2. The standard InChI is InChI=1S/C15H26N2O2S/c1-5-10-17-14(15(2,3)4)11-12-6-8-13(9-7-12)20(16,18)19/h6-9,14,17H,5,10-11H2,1-4H3,(H2,16,18,19). The molecular formula is C15H26N2O2S. The molecule has 20 heavy (non-hydrogen) atoms. The van der Waals surface area contributed by atoms with Gasteiger partial charge >= 0.3 is 0 Å². The first-order valence-electron chi connectivity index (χ1n) is 6.99. The fourth-order valence-corrected chi connectivity index (χ4v) is 2.57. The van der Waals surface area contributed by atoms with Crippen molar-refractivity contribution in [3.63, 3.8) is 0 Å². The Kier molecular flexibility index (Phi) is 5.74. The third-order valence-corrected chi connectivity index (χ3v) is 4.31. The number of primary sulfonamides is 1. The smallest absolute Gasteiger partial charge is 0.238 e. The van der Waals surface area contributed by atoms with Crippen LogP contribution < -0.4 is 10.5 Å². The van der Waals surface area contributed by atoms with Crippen LogP contribution in [0, 0.1) is 5.41 Å². The van der Waals surface area contributed by atoms with Crippen LogP contribution in [0.5, 0.6) is 0 Å². The van der Waals surface area contributed by atoms with E-state index in [4.69, 9.17) is 5.14 Å². The Morgan fingerprint density at radius 3 is 2.15 bits per heavy atom. The molecule has 0 heterocycles. The lowest BCUT2D eigenvalue weighted by atomic mass is 9.83. The number of benzene rings is 1. The molecule has 1 atom stereocenters. The van der Waals surface area contributed by atoms with Crippen LogP contribution in [0.3, 0.4) is 0 Å². The predicted octanol–water partition coefficient (Wildman–Crippen LogP) is 2.29. The average molecular weight is 298 g/mol. The molecule has 0 saturated heterocycles. The zero-order valence-corrected chi connectivity index (χ0v) is 13.6. The topological polar surface area (TPSA) is 72.2 Å². The Bertz CT molecular complexity index is 516. The number of hydrogen-bond donors (Lipinski definition) is 2. The molecule has 0 fully saturated rings. The van der Waals surface area contributed by atoms with Crippen molar-refractivity contribution >= 4 is 10.0 Å². The first-order valence-corrected chi connectivity index (χ1v) is 8.54. The van der Waals surface area contributed by atoms with Gasteiger partial charge in [0.2, 0.25) is 10.0 Å². The third-order valence-electron chi connectivity index (χ3n) is 3.38. The van der Waals surface area contributed by atoms with Gasteiger partial charge in [-0.1, -0.05) is 39.8 Å². The zero-order valence-electron chi connectivity index (χ0n) is 12.8. The molecule has 0 aliphatic rings. The molecule has 114 valence electrons. The molecule has 1 rings (SSSR count). The molecule has 4 nitrogen and oxygen atoms in total. The molecule has 0 saturated carbocycles. The molecule has 1 aromatic carbocycles. The van der Waals surface area contributed by atoms with Gasteiger partial charge in [0.1, 0.15) is 0 Å². The summed E-state index contributed by atoms with van der Waals surface area (Å²) >= 11 is 0. The SMILES string of the molecule is CCCNC(Cc1ccc(S(N)(=O)=O)cc1)C(C)(C)C. The van der Waals surface area contributed by atoms with E-state index in [2.05, 4.69) is 33.0 Å². The van der Waals surface area contributed by atoms with Gasteiger partial charge in [-0.2, -0.15) is 0 Å². The van der Waals surface area contributed by atoms with E-state index in [1.165, 1.54) is 0 Å². The van der Waals surface area contributed by atoms with E-state index in [1.54, 1.807) is 12.1 Å². The van der Waals surface area contributed by atoms with Crippen LogP contribution in [0.1, 0.15) is 39.7 Å². The van der Waals surface area contributed by atoms with Crippen molar-refractivity contribution in [3.05, 3.63) is 29.8 Å². The molecule has 0 amide bonds. The molecule has 1 unspecified atom stereocenters. The van der Waals surface area contributed by atoms with Crippen LogP contribution in [0.2, 0.25) is 0 Å². The molecule has 0 spiro atoms. The highest BCUT2D eigenvalue weighted by molar-refractivity contribution is 7.89. The number of sulfonamides is 1. The van der Waals surface area contributed by atoms with Crippen LogP contribution >= 0.6 is 0 Å². The Morgan fingerprint density at radius 2 is 1.75 bits per heavy atom. The van der Waals surface area contributed by atoms with Crippen molar-refractivity contribution in [3.8, 4) is 0 Å². The minimum Gasteiger partial charge on any atom is -0.313 e. The monoisotopic (exact) mass is 298 g/mol. The first kappa shape index (κ1) is 17.1. The molecule has 0 radical (unpaired) electrons. The van der Waals surface area contributed by atoms with E-state index in [-0.39, 0.29) is 10.3 Å². The minimum absolute atomic E-state index is 0.147. The molecule has 5 heteroatoms. The van der Waals surface area contributed by atoms with E-state index < -0.39 is 10.0 Å². The van der Waals surface area contributed by atoms with Crippen molar-refractivity contribution in [1.29, 1.82) is 0 Å². The first-order chi connectivity index (χ1) is 9.14. The van der Waals surface area contributed by atoms with Crippen LogP contribution in [0.15, 0.2) is 29.2 Å². The van der Waals surface area contributed by atoms with Gasteiger partial charge in [-0.05, 0) is 42.5 Å². The lowest BCUT2D eigenvalue weighted by molar-refractivity contribution is 0.267. The average Bonchev–Trinajstić information content (AvgIpc) is 2.32. The van der Waals surface area contributed by atoms with Crippen LogP contribution in [0.4, 0.5) is 0 Å². The second-order valence-electron chi connectivity index (χ2n) is 6.27. The minimum atomic E-state index is -3.61. The van der Waals surface area contributed by atoms with Gasteiger partial charge in [-0.3, -0.25) is 0 Å². The van der Waals surface area contributed by atoms with Crippen molar-refractivity contribution in [1.82, 2.24) is 5.32 Å². The Morgan fingerprint density at radius 1 is 1.20 bits per heavy atom. The normalized spacial score (nSPS) is 14.2. The number of nitrogens with two attached hydrogens (primary N) is 1. The summed E-state index contributed by atoms with van der Waals surface area (Å²) in [6.07, 6.45) is 1.96. The lowest BCUT2D eigenvalue weighted by Crippen LogP contribution is -2.42. The van der Waals surface area contributed by atoms with Gasteiger partial charge in [0.15, 0.2) is 0 Å². The molecule has 3 N–H and O–H groups in total. The lowest BCUT2D eigenvalue weighted by Gasteiger charge is -2.32. The van der Waals surface area contributed by atoms with E-state index >= 15 is 0 Å². The van der Waals surface area contributed by atoms with Gasteiger partial charge in [-0.15, -0.1) is 0 Å². The fraction of sp³-hybridized carbons (Fsp3) is 0.600. The van der Waals surface area contributed by atoms with Crippen molar-refractivity contribution < 1.29 is 8.42 Å². The van der Waals surface area contributed by atoms with Gasteiger partial charge in [0, 0.05) is 6.04 Å². The van der Waals surface area contributed by atoms with E-state index in [1.807, 2.05) is 12.1 Å². The Labute approximate surface area is 122 Å². The summed E-state index contributed by atoms with van der Waals surface area (Å²) in [6, 6.07) is 7.18. The van der Waals surface area contributed by atoms with Crippen LogP contribution in [-0.2, 0) is 16.4 Å². The van der Waals surface area contributed by atoms with Crippen LogP contribution in [-0.4, -0.2) is 21.0 Å². The summed E-state index contributed by atoms with van der Waals surface area (Å²) in [5.41, 5.74) is 1.26. The summed E-state index contributed by atoms with van der Waals surface area (Å²) in [7, 11) is -3.61. The summed E-state index contributed by atoms with van der Waals surface area (Å²) in [5.74, 6) is 0. The number of nitrogens with one attached hydrogen (secondary N) is 1. The van der Waals surface area contributed by atoms with Gasteiger partial charge < -0.3 is 5.32 Å². The van der Waals surface area contributed by atoms with Crippen LogP contribution in [0.25, 0.3) is 0 Å². The molecule has 1 aromatic rings. The van der Waals surface area contributed by atoms with Gasteiger partial charge in [0.05, 0.1) is 4.90 Å². The molecule has 0 aliphatic carbocycles. The highest BCUT2D eigenvalue weighted by Crippen LogP contribution is 2.23. The number of hydrogen-bond acceptors (Lipinski definition) is 3. The largest absolute Gasteiger partial charge is 0.313 e. The molecule has 0 bridgehead atoms. The summed E-state index contributed by atoms with van der Waals surface area (Å²) in [4.78, 5) is 0.162. The summed E-state index contributed by atoms with van der Waals surface area (Å²) < 4.78 is 22.5. The highest BCUT2D eigenvalue weighted by atomic mass is 32.2. The van der Waals surface area contributed by atoms with E-state index in [0.717, 1.165) is 24.9 Å². The quantitative estimate of drug-likeness (QED) is 0.846. The predicted molar refractivity (Wildman–Crippen MR) is 83.1 cm³/mol. The number of rotatable bonds is 6. The fourth-order valence-electron chi connectivity index (χ4n) is 2.05. The van der Waals surface area contributed by atoms with Gasteiger partial charge in [0.25, 0.3) is 0 Å². The second-order valence-corrected chi connectivity index (χ2v) is 7.83. The van der Waals surface area contributed by atoms with E-state index in [9.17, 15) is 8.42 Å². The summed E-state index contributed by atoms with van der Waals surface area (Å²) in [5, 5.41) is 8.66. The third kappa shape index (κ3) is 5.23. The van der Waals surface area contributed by atoms with E-state index in [0.29, 0.717) is 6.04 Å². The highest BCUT2D eigenvalue weighted by Gasteiger charge is 2.24. The molecule has 0 aromatic heterocycles. The van der Waals surface area contributed by atoms with Crippen molar-refractivity contribution in [2.24, 2.45) is 10.6 Å². The van der Waals surface area contributed by atoms with Crippen molar-refractivity contribution in [2.75, 3.05) is 6.54 Å². The molecular weight excluding hydrogens is 272 g/mol. The Balaban J connectivity index is 2.84. The Hall–Kier alpha value is -0.910. The second kappa shape index (κ2) is 6.70. The maximum absolute atomic E-state index is 11.2. The zero-order chi connectivity index (χ0) is 15.4. The molecule has 0 aliphatic heterocycles. The summed E-state index contributed by atoms with van der Waals surface area (Å²) in [6.45, 7) is 9.75. The maximum Gasteiger partial charge on any atom is 0.238 e. The van der Waals surface area contributed by atoms with Crippen molar-refractivity contribution in [2.45, 2.75) is 51.5 Å².